The molecule has 102 valence electrons. The Kier molecular flexibility index (Phi) is 4.00. The fraction of sp³-hybridized carbons (Fsp3) is 0.154. The van der Waals surface area contributed by atoms with Gasteiger partial charge < -0.3 is 4.57 Å². The second-order valence-corrected chi connectivity index (χ2v) is 7.16. The maximum atomic E-state index is 11.8. The van der Waals surface area contributed by atoms with Crippen LogP contribution in [0.2, 0.25) is 0 Å². The lowest BCUT2D eigenvalue weighted by atomic mass is 10.3. The highest BCUT2D eigenvalue weighted by Gasteiger charge is 2.07. The van der Waals surface area contributed by atoms with E-state index in [0.29, 0.717) is 5.75 Å². The number of para-hydroxylation sites is 1. The Hall–Kier alpha value is -1.44. The molecule has 0 radical (unpaired) electrons. The Balaban J connectivity index is 1.70. The van der Waals surface area contributed by atoms with Crippen LogP contribution in [0.25, 0.3) is 10.2 Å². The Morgan fingerprint density at radius 2 is 2.30 bits per heavy atom. The summed E-state index contributed by atoms with van der Waals surface area (Å²) >= 11 is 4.50. The number of thioether (sulfide) groups is 1. The normalized spacial score (nSPS) is 12.2. The predicted molar refractivity (Wildman–Crippen MR) is 84.2 cm³/mol. The summed E-state index contributed by atoms with van der Waals surface area (Å²) in [5.74, 6) is 0.185. The van der Waals surface area contributed by atoms with Crippen LogP contribution in [-0.2, 0) is 11.8 Å². The number of thiazole rings is 2. The molecule has 0 fully saturated rings. The lowest BCUT2D eigenvalue weighted by Gasteiger charge is -1.92. The largest absolute Gasteiger partial charge is 0.327 e. The Bertz CT molecular complexity index is 782. The SMILES string of the molecule is Cn1ccsc1=NC(=O)CSc1nc2ccccc2s1. The number of rotatable bonds is 3. The third kappa shape index (κ3) is 3.00. The lowest BCUT2D eigenvalue weighted by Crippen LogP contribution is -2.13. The maximum Gasteiger partial charge on any atom is 0.258 e. The van der Waals surface area contributed by atoms with Crippen molar-refractivity contribution in [3.8, 4) is 0 Å². The van der Waals surface area contributed by atoms with Crippen molar-refractivity contribution < 1.29 is 4.79 Å². The van der Waals surface area contributed by atoms with Crippen LogP contribution in [-0.4, -0.2) is 21.2 Å². The highest BCUT2D eigenvalue weighted by molar-refractivity contribution is 8.01. The fourth-order valence-electron chi connectivity index (χ4n) is 1.61. The summed E-state index contributed by atoms with van der Waals surface area (Å²) in [5.41, 5.74) is 0.981. The van der Waals surface area contributed by atoms with Gasteiger partial charge in [0.25, 0.3) is 5.91 Å². The van der Waals surface area contributed by atoms with Crippen LogP contribution in [0.3, 0.4) is 0 Å². The van der Waals surface area contributed by atoms with Crippen molar-refractivity contribution in [1.82, 2.24) is 9.55 Å². The van der Waals surface area contributed by atoms with Crippen molar-refractivity contribution in [2.45, 2.75) is 4.34 Å². The van der Waals surface area contributed by atoms with E-state index in [0.717, 1.165) is 19.4 Å². The summed E-state index contributed by atoms with van der Waals surface area (Å²) < 4.78 is 3.89. The van der Waals surface area contributed by atoms with Crippen LogP contribution in [0.4, 0.5) is 0 Å². The molecule has 3 aromatic rings. The summed E-state index contributed by atoms with van der Waals surface area (Å²) in [6.07, 6.45) is 1.89. The van der Waals surface area contributed by atoms with Crippen LogP contribution in [0.15, 0.2) is 45.2 Å². The van der Waals surface area contributed by atoms with E-state index in [1.165, 1.54) is 23.1 Å². The van der Waals surface area contributed by atoms with Crippen LogP contribution >= 0.6 is 34.4 Å². The van der Waals surface area contributed by atoms with E-state index in [-0.39, 0.29) is 5.91 Å². The molecule has 0 N–H and O–H groups in total. The van der Waals surface area contributed by atoms with E-state index < -0.39 is 0 Å². The number of aryl methyl sites for hydroxylation is 1. The Morgan fingerprint density at radius 1 is 1.45 bits per heavy atom. The third-order valence-corrected chi connectivity index (χ3v) is 5.59. The van der Waals surface area contributed by atoms with Crippen molar-refractivity contribution >= 4 is 50.6 Å². The van der Waals surface area contributed by atoms with Gasteiger partial charge in [-0.05, 0) is 12.1 Å². The molecular weight excluding hydrogens is 310 g/mol. The van der Waals surface area contributed by atoms with Gasteiger partial charge in [-0.3, -0.25) is 4.79 Å². The van der Waals surface area contributed by atoms with Gasteiger partial charge >= 0.3 is 0 Å². The number of aromatic nitrogens is 2. The molecule has 0 saturated heterocycles. The first-order valence-corrected chi connectivity index (χ1v) is 8.56. The molecule has 20 heavy (non-hydrogen) atoms. The van der Waals surface area contributed by atoms with Gasteiger partial charge in [0.05, 0.1) is 16.0 Å². The first kappa shape index (κ1) is 13.5. The minimum Gasteiger partial charge on any atom is -0.327 e. The van der Waals surface area contributed by atoms with Crippen molar-refractivity contribution in [3.63, 3.8) is 0 Å². The number of benzene rings is 1. The summed E-state index contributed by atoms with van der Waals surface area (Å²) in [6, 6.07) is 7.97. The van der Waals surface area contributed by atoms with Gasteiger partial charge in [-0.25, -0.2) is 4.98 Å². The van der Waals surface area contributed by atoms with Crippen LogP contribution in [0, 0.1) is 0 Å². The molecule has 0 spiro atoms. The lowest BCUT2D eigenvalue weighted by molar-refractivity contribution is -0.115. The van der Waals surface area contributed by atoms with Gasteiger partial charge in [-0.15, -0.1) is 22.7 Å². The molecule has 0 unspecified atom stereocenters. The molecule has 1 aromatic carbocycles. The van der Waals surface area contributed by atoms with Gasteiger partial charge in [0.2, 0.25) is 0 Å². The zero-order valence-corrected chi connectivity index (χ0v) is 13.1. The summed E-state index contributed by atoms with van der Waals surface area (Å²) in [4.78, 5) is 21.1. The topological polar surface area (TPSA) is 47.2 Å². The molecule has 4 nitrogen and oxygen atoms in total. The number of fused-ring (bicyclic) bond motifs is 1. The second kappa shape index (κ2) is 5.90. The standard InChI is InChI=1S/C13H11N3OS3/c1-16-6-7-18-12(16)15-11(17)8-19-13-14-9-4-2-3-5-10(9)20-13/h2-7H,8H2,1H3. The van der Waals surface area contributed by atoms with Gasteiger partial charge in [-0.2, -0.15) is 4.99 Å². The summed E-state index contributed by atoms with van der Waals surface area (Å²) in [5, 5.41) is 1.91. The van der Waals surface area contributed by atoms with Gasteiger partial charge in [-0.1, -0.05) is 23.9 Å². The molecular formula is C13H11N3OS3. The van der Waals surface area contributed by atoms with E-state index in [1.54, 1.807) is 11.3 Å². The number of carbonyl (C=O) groups is 1. The highest BCUT2D eigenvalue weighted by atomic mass is 32.2. The molecule has 3 rings (SSSR count). The molecule has 0 aliphatic carbocycles. The average Bonchev–Trinajstić information content (AvgIpc) is 3.03. The third-order valence-electron chi connectivity index (χ3n) is 2.57. The average molecular weight is 321 g/mol. The number of carbonyl (C=O) groups excluding carboxylic acids is 1. The maximum absolute atomic E-state index is 11.8. The molecule has 2 aromatic heterocycles. The zero-order valence-electron chi connectivity index (χ0n) is 10.6. The monoisotopic (exact) mass is 321 g/mol. The van der Waals surface area contributed by atoms with E-state index in [9.17, 15) is 4.79 Å². The second-order valence-electron chi connectivity index (χ2n) is 4.04. The number of hydrogen-bond donors (Lipinski definition) is 0. The molecule has 0 saturated carbocycles. The first-order chi connectivity index (χ1) is 9.72. The highest BCUT2D eigenvalue weighted by Crippen LogP contribution is 2.29. The van der Waals surface area contributed by atoms with Crippen LogP contribution in [0.5, 0.6) is 0 Å². The summed E-state index contributed by atoms with van der Waals surface area (Å²) in [7, 11) is 1.88. The zero-order chi connectivity index (χ0) is 13.9. The Labute approximate surface area is 127 Å². The predicted octanol–water partition coefficient (Wildman–Crippen LogP) is 2.92. The summed E-state index contributed by atoms with van der Waals surface area (Å²) in [6.45, 7) is 0. The molecule has 0 atom stereocenters. The minimum absolute atomic E-state index is 0.132. The van der Waals surface area contributed by atoms with E-state index in [4.69, 9.17) is 0 Å². The molecule has 0 aliphatic heterocycles. The molecule has 7 heteroatoms. The smallest absolute Gasteiger partial charge is 0.258 e. The minimum atomic E-state index is -0.132. The fourth-order valence-corrected chi connectivity index (χ4v) is 4.21. The Morgan fingerprint density at radius 3 is 3.05 bits per heavy atom. The number of amides is 1. The van der Waals surface area contributed by atoms with E-state index in [1.807, 2.05) is 47.5 Å². The number of nitrogens with zero attached hydrogens (tertiary/aromatic N) is 3. The van der Waals surface area contributed by atoms with E-state index >= 15 is 0 Å². The first-order valence-electron chi connectivity index (χ1n) is 5.88. The van der Waals surface area contributed by atoms with Gasteiger partial charge in [0.15, 0.2) is 9.14 Å². The van der Waals surface area contributed by atoms with Crippen molar-refractivity contribution in [2.75, 3.05) is 5.75 Å². The van der Waals surface area contributed by atoms with Gasteiger partial charge in [0, 0.05) is 18.6 Å². The van der Waals surface area contributed by atoms with E-state index in [2.05, 4.69) is 9.98 Å². The molecule has 1 amide bonds. The van der Waals surface area contributed by atoms with Gasteiger partial charge in [0.1, 0.15) is 0 Å². The van der Waals surface area contributed by atoms with Crippen molar-refractivity contribution in [3.05, 3.63) is 40.6 Å². The molecule has 2 heterocycles. The molecule has 0 bridgehead atoms. The van der Waals surface area contributed by atoms with Crippen molar-refractivity contribution in [1.29, 1.82) is 0 Å². The van der Waals surface area contributed by atoms with Crippen LogP contribution in [0.1, 0.15) is 0 Å². The quantitative estimate of drug-likeness (QED) is 0.697. The van der Waals surface area contributed by atoms with Crippen molar-refractivity contribution in [2.24, 2.45) is 12.0 Å². The van der Waals surface area contributed by atoms with Crippen LogP contribution < -0.4 is 4.80 Å². The number of hydrogen-bond acceptors (Lipinski definition) is 5. The molecule has 0 aliphatic rings.